The predicted octanol–water partition coefficient (Wildman–Crippen LogP) is 6.86. The molecule has 0 aliphatic rings. The van der Waals surface area contributed by atoms with E-state index in [9.17, 15) is 19.5 Å². The van der Waals surface area contributed by atoms with Gasteiger partial charge in [0.15, 0.2) is 5.78 Å². The zero-order valence-electron chi connectivity index (χ0n) is 21.8. The molecule has 0 aliphatic heterocycles. The highest BCUT2D eigenvalue weighted by molar-refractivity contribution is 6.00. The SMILES string of the molecule is CCc1ccc(NC(=O)Nc2ccc(-c3ccc(C(=O)CC(CCc4ccccc4)C(=O)O)cc3)nc2)cc1. The molecule has 0 saturated heterocycles. The van der Waals surface area contributed by atoms with Crippen LogP contribution in [-0.4, -0.2) is 27.9 Å². The number of aliphatic carboxylic acids is 1. The summed E-state index contributed by atoms with van der Waals surface area (Å²) in [5.41, 5.74) is 5.45. The van der Waals surface area contributed by atoms with Gasteiger partial charge in [-0.05, 0) is 54.7 Å². The van der Waals surface area contributed by atoms with E-state index in [2.05, 4.69) is 22.5 Å². The van der Waals surface area contributed by atoms with Crippen LogP contribution >= 0.6 is 0 Å². The normalized spacial score (nSPS) is 11.4. The molecule has 198 valence electrons. The monoisotopic (exact) mass is 521 g/mol. The van der Waals surface area contributed by atoms with Crippen LogP contribution in [0.3, 0.4) is 0 Å². The molecular formula is C32H31N3O4. The number of amides is 2. The number of urea groups is 1. The summed E-state index contributed by atoms with van der Waals surface area (Å²) < 4.78 is 0. The first-order valence-electron chi connectivity index (χ1n) is 12.9. The number of pyridine rings is 1. The number of hydrogen-bond donors (Lipinski definition) is 3. The van der Waals surface area contributed by atoms with Gasteiger partial charge in [0.25, 0.3) is 0 Å². The minimum atomic E-state index is -0.961. The van der Waals surface area contributed by atoms with Gasteiger partial charge in [0.05, 0.1) is 23.5 Å². The topological polar surface area (TPSA) is 108 Å². The minimum absolute atomic E-state index is 0.0507. The summed E-state index contributed by atoms with van der Waals surface area (Å²) >= 11 is 0. The number of Topliss-reactive ketones (excluding diaryl/α,β-unsaturated/α-hetero) is 1. The lowest BCUT2D eigenvalue weighted by atomic mass is 9.92. The summed E-state index contributed by atoms with van der Waals surface area (Å²) in [4.78, 5) is 41.3. The molecule has 3 aromatic carbocycles. The number of rotatable bonds is 11. The van der Waals surface area contributed by atoms with Crippen LogP contribution in [-0.2, 0) is 17.6 Å². The van der Waals surface area contributed by atoms with Crippen molar-refractivity contribution in [3.63, 3.8) is 0 Å². The molecule has 3 N–H and O–H groups in total. The highest BCUT2D eigenvalue weighted by Gasteiger charge is 2.22. The van der Waals surface area contributed by atoms with Crippen LogP contribution < -0.4 is 10.6 Å². The van der Waals surface area contributed by atoms with Crippen molar-refractivity contribution in [2.24, 2.45) is 5.92 Å². The fraction of sp³-hybridized carbons (Fsp3) is 0.188. The molecule has 39 heavy (non-hydrogen) atoms. The lowest BCUT2D eigenvalue weighted by molar-refractivity contribution is -0.141. The van der Waals surface area contributed by atoms with Gasteiger partial charge >= 0.3 is 12.0 Å². The molecule has 4 aromatic rings. The van der Waals surface area contributed by atoms with Gasteiger partial charge < -0.3 is 15.7 Å². The summed E-state index contributed by atoms with van der Waals surface area (Å²) in [5.74, 6) is -1.91. The van der Waals surface area contributed by atoms with Gasteiger partial charge in [0, 0.05) is 23.2 Å². The summed E-state index contributed by atoms with van der Waals surface area (Å²) in [6, 6.07) is 27.5. The Kier molecular flexibility index (Phi) is 9.19. The van der Waals surface area contributed by atoms with Crippen molar-refractivity contribution < 1.29 is 19.5 Å². The summed E-state index contributed by atoms with van der Waals surface area (Å²) in [5, 5.41) is 15.2. The van der Waals surface area contributed by atoms with Gasteiger partial charge in [-0.25, -0.2) is 4.79 Å². The fourth-order valence-electron chi connectivity index (χ4n) is 4.22. The van der Waals surface area contributed by atoms with E-state index in [1.54, 1.807) is 42.6 Å². The van der Waals surface area contributed by atoms with Crippen LogP contribution in [0.2, 0.25) is 0 Å². The molecule has 0 radical (unpaired) electrons. The molecule has 1 atom stereocenters. The maximum absolute atomic E-state index is 12.8. The Bertz CT molecular complexity index is 1400. The van der Waals surface area contributed by atoms with Crippen molar-refractivity contribution >= 4 is 29.2 Å². The summed E-state index contributed by atoms with van der Waals surface area (Å²) in [7, 11) is 0. The zero-order valence-corrected chi connectivity index (χ0v) is 21.8. The summed E-state index contributed by atoms with van der Waals surface area (Å²) in [6.45, 7) is 2.07. The highest BCUT2D eigenvalue weighted by atomic mass is 16.4. The van der Waals surface area contributed by atoms with Crippen LogP contribution in [0.15, 0.2) is 97.2 Å². The number of benzene rings is 3. The third-order valence-corrected chi connectivity index (χ3v) is 6.55. The average molecular weight is 522 g/mol. The number of nitrogens with one attached hydrogen (secondary N) is 2. The van der Waals surface area contributed by atoms with Crippen LogP contribution in [0, 0.1) is 5.92 Å². The largest absolute Gasteiger partial charge is 0.481 e. The van der Waals surface area contributed by atoms with Gasteiger partial charge in [0.1, 0.15) is 0 Å². The number of anilines is 2. The Morgan fingerprint density at radius 2 is 1.46 bits per heavy atom. The molecule has 0 spiro atoms. The van der Waals surface area contributed by atoms with E-state index in [1.807, 2.05) is 54.6 Å². The number of aryl methyl sites for hydroxylation is 2. The van der Waals surface area contributed by atoms with Crippen molar-refractivity contribution in [1.82, 2.24) is 4.98 Å². The number of carboxylic acid groups (broad SMARTS) is 1. The maximum Gasteiger partial charge on any atom is 0.323 e. The molecular weight excluding hydrogens is 490 g/mol. The van der Waals surface area contributed by atoms with Crippen LogP contribution in [0.5, 0.6) is 0 Å². The molecule has 7 heteroatoms. The van der Waals surface area contributed by atoms with Gasteiger partial charge in [-0.1, -0.05) is 73.7 Å². The Balaban J connectivity index is 1.32. The standard InChI is InChI=1S/C32H31N3O4/c1-2-22-9-16-27(17-10-22)34-32(39)35-28-18-19-29(33-21-28)24-12-14-25(15-13-24)30(36)20-26(31(37)38)11-8-23-6-4-3-5-7-23/h3-7,9-10,12-19,21,26H,2,8,11,20H2,1H3,(H,37,38)(H2,34,35,39). The average Bonchev–Trinajstić information content (AvgIpc) is 2.96. The number of hydrogen-bond acceptors (Lipinski definition) is 4. The molecule has 0 bridgehead atoms. The Morgan fingerprint density at radius 1 is 0.795 bits per heavy atom. The van der Waals surface area contributed by atoms with Crippen molar-refractivity contribution in [1.29, 1.82) is 0 Å². The van der Waals surface area contributed by atoms with E-state index in [4.69, 9.17) is 0 Å². The molecule has 0 aliphatic carbocycles. The molecule has 4 rings (SSSR count). The van der Waals surface area contributed by atoms with E-state index in [0.717, 1.165) is 17.5 Å². The van der Waals surface area contributed by atoms with Crippen molar-refractivity contribution in [3.8, 4) is 11.3 Å². The number of aromatic nitrogens is 1. The first kappa shape index (κ1) is 27.3. The molecule has 1 aromatic heterocycles. The molecule has 7 nitrogen and oxygen atoms in total. The number of carbonyl (C=O) groups is 3. The van der Waals surface area contributed by atoms with Crippen molar-refractivity contribution in [2.45, 2.75) is 32.6 Å². The van der Waals surface area contributed by atoms with Crippen LogP contribution in [0.4, 0.5) is 16.2 Å². The third kappa shape index (κ3) is 7.85. The predicted molar refractivity (Wildman–Crippen MR) is 153 cm³/mol. The molecule has 1 heterocycles. The van der Waals surface area contributed by atoms with Crippen molar-refractivity contribution in [3.05, 3.63) is 114 Å². The third-order valence-electron chi connectivity index (χ3n) is 6.55. The summed E-state index contributed by atoms with van der Waals surface area (Å²) in [6.07, 6.45) is 3.46. The molecule has 2 amide bonds. The van der Waals surface area contributed by atoms with E-state index in [0.29, 0.717) is 35.5 Å². The fourth-order valence-corrected chi connectivity index (χ4v) is 4.22. The number of nitrogens with zero attached hydrogens (tertiary/aromatic N) is 1. The minimum Gasteiger partial charge on any atom is -0.481 e. The Hall–Kier alpha value is -4.78. The highest BCUT2D eigenvalue weighted by Crippen LogP contribution is 2.22. The van der Waals surface area contributed by atoms with Gasteiger partial charge in [-0.2, -0.15) is 0 Å². The van der Waals surface area contributed by atoms with E-state index < -0.39 is 11.9 Å². The molecule has 0 fully saturated rings. The van der Waals surface area contributed by atoms with Crippen LogP contribution in [0.1, 0.15) is 41.3 Å². The zero-order chi connectivity index (χ0) is 27.6. The lowest BCUT2D eigenvalue weighted by Gasteiger charge is -2.12. The second-order valence-corrected chi connectivity index (χ2v) is 9.33. The lowest BCUT2D eigenvalue weighted by Crippen LogP contribution is -2.19. The van der Waals surface area contributed by atoms with E-state index in [-0.39, 0.29) is 18.2 Å². The van der Waals surface area contributed by atoms with E-state index in [1.165, 1.54) is 5.56 Å². The Morgan fingerprint density at radius 3 is 2.08 bits per heavy atom. The number of carboxylic acids is 1. The van der Waals surface area contributed by atoms with Gasteiger partial charge in [-0.15, -0.1) is 0 Å². The quantitative estimate of drug-likeness (QED) is 0.187. The maximum atomic E-state index is 12.8. The van der Waals surface area contributed by atoms with Crippen molar-refractivity contribution in [2.75, 3.05) is 10.6 Å². The van der Waals surface area contributed by atoms with Crippen LogP contribution in [0.25, 0.3) is 11.3 Å². The smallest absolute Gasteiger partial charge is 0.323 e. The number of carbonyl (C=O) groups excluding carboxylic acids is 2. The first-order chi connectivity index (χ1) is 18.9. The van der Waals surface area contributed by atoms with Gasteiger partial charge in [-0.3, -0.25) is 14.6 Å². The number of ketones is 1. The van der Waals surface area contributed by atoms with Gasteiger partial charge in [0.2, 0.25) is 0 Å². The second kappa shape index (κ2) is 13.1. The van der Waals surface area contributed by atoms with E-state index >= 15 is 0 Å². The Labute approximate surface area is 227 Å². The first-order valence-corrected chi connectivity index (χ1v) is 12.9. The second-order valence-electron chi connectivity index (χ2n) is 9.33. The molecule has 1 unspecified atom stereocenters. The molecule has 0 saturated carbocycles.